The lowest BCUT2D eigenvalue weighted by Crippen LogP contribution is -2.13. The second-order valence-electron chi connectivity index (χ2n) is 5.53. The van der Waals surface area contributed by atoms with Crippen molar-refractivity contribution in [2.24, 2.45) is 7.05 Å². The molecule has 3 nitrogen and oxygen atoms in total. The quantitative estimate of drug-likeness (QED) is 0.828. The lowest BCUT2D eigenvalue weighted by atomic mass is 9.86. The maximum absolute atomic E-state index is 5.93. The van der Waals surface area contributed by atoms with Gasteiger partial charge in [-0.1, -0.05) is 39.0 Å². The average molecular weight is 244 g/mol. The van der Waals surface area contributed by atoms with E-state index >= 15 is 0 Å². The molecular weight excluding hydrogens is 224 g/mol. The van der Waals surface area contributed by atoms with Gasteiger partial charge >= 0.3 is 0 Å². The number of aryl methyl sites for hydroxylation is 1. The van der Waals surface area contributed by atoms with Crippen LogP contribution in [0.4, 0.5) is 0 Å². The van der Waals surface area contributed by atoms with E-state index < -0.39 is 0 Å². The highest BCUT2D eigenvalue weighted by Crippen LogP contribution is 2.31. The van der Waals surface area contributed by atoms with Gasteiger partial charge in [0, 0.05) is 7.05 Å². The molecule has 0 unspecified atom stereocenters. The smallest absolute Gasteiger partial charge is 0.130 e. The van der Waals surface area contributed by atoms with Crippen molar-refractivity contribution < 1.29 is 4.74 Å². The molecule has 0 saturated carbocycles. The van der Waals surface area contributed by atoms with Crippen LogP contribution in [0.2, 0.25) is 0 Å². The number of imidazole rings is 1. The fraction of sp³-hybridized carbons (Fsp3) is 0.400. The van der Waals surface area contributed by atoms with E-state index in [0.717, 1.165) is 11.4 Å². The van der Waals surface area contributed by atoms with E-state index in [1.165, 1.54) is 5.56 Å². The highest BCUT2D eigenvalue weighted by Gasteiger charge is 2.18. The third-order valence-corrected chi connectivity index (χ3v) is 2.99. The molecule has 0 aliphatic heterocycles. The molecule has 1 aromatic carbocycles. The van der Waals surface area contributed by atoms with Crippen molar-refractivity contribution in [2.45, 2.75) is 32.8 Å². The normalized spacial score (nSPS) is 11.6. The number of para-hydroxylation sites is 1. The second-order valence-corrected chi connectivity index (χ2v) is 5.53. The fourth-order valence-corrected chi connectivity index (χ4v) is 1.89. The maximum Gasteiger partial charge on any atom is 0.130 e. The second kappa shape index (κ2) is 4.84. The molecule has 0 saturated heterocycles. The Labute approximate surface area is 108 Å². The highest BCUT2D eigenvalue weighted by atomic mass is 16.5. The van der Waals surface area contributed by atoms with Gasteiger partial charge in [0.15, 0.2) is 0 Å². The molecule has 0 spiro atoms. The van der Waals surface area contributed by atoms with Crippen molar-refractivity contribution in [1.82, 2.24) is 9.55 Å². The van der Waals surface area contributed by atoms with Gasteiger partial charge in [0.05, 0.1) is 18.2 Å². The SMILES string of the molecule is Cn1cncc1COc1ccccc1C(C)(C)C. The number of benzene rings is 1. The van der Waals surface area contributed by atoms with Gasteiger partial charge < -0.3 is 9.30 Å². The van der Waals surface area contributed by atoms with Crippen molar-refractivity contribution >= 4 is 0 Å². The number of hydrogen-bond acceptors (Lipinski definition) is 2. The van der Waals surface area contributed by atoms with Crippen LogP contribution in [0.1, 0.15) is 32.0 Å². The van der Waals surface area contributed by atoms with Gasteiger partial charge in [0.25, 0.3) is 0 Å². The minimum absolute atomic E-state index is 0.0864. The van der Waals surface area contributed by atoms with Crippen LogP contribution < -0.4 is 4.74 Å². The zero-order chi connectivity index (χ0) is 13.2. The first kappa shape index (κ1) is 12.7. The Bertz CT molecular complexity index is 523. The molecule has 1 aromatic heterocycles. The molecular formula is C15H20N2O. The lowest BCUT2D eigenvalue weighted by molar-refractivity contribution is 0.289. The lowest BCUT2D eigenvalue weighted by Gasteiger charge is -2.22. The summed E-state index contributed by atoms with van der Waals surface area (Å²) in [6.07, 6.45) is 3.62. The van der Waals surface area contributed by atoms with Gasteiger partial charge in [-0.15, -0.1) is 0 Å². The van der Waals surface area contributed by atoms with Crippen LogP contribution in [-0.2, 0) is 19.1 Å². The number of nitrogens with zero attached hydrogens (tertiary/aromatic N) is 2. The molecule has 18 heavy (non-hydrogen) atoms. The largest absolute Gasteiger partial charge is 0.487 e. The van der Waals surface area contributed by atoms with Gasteiger partial charge in [-0.25, -0.2) is 4.98 Å². The fourth-order valence-electron chi connectivity index (χ4n) is 1.89. The van der Waals surface area contributed by atoms with Crippen molar-refractivity contribution in [3.63, 3.8) is 0 Å². The van der Waals surface area contributed by atoms with E-state index in [4.69, 9.17) is 4.74 Å². The summed E-state index contributed by atoms with van der Waals surface area (Å²) >= 11 is 0. The van der Waals surface area contributed by atoms with Crippen molar-refractivity contribution in [2.75, 3.05) is 0 Å². The Balaban J connectivity index is 2.17. The minimum atomic E-state index is 0.0864. The van der Waals surface area contributed by atoms with Gasteiger partial charge in [0.2, 0.25) is 0 Å². The van der Waals surface area contributed by atoms with E-state index in [9.17, 15) is 0 Å². The van der Waals surface area contributed by atoms with Crippen LogP contribution in [0.3, 0.4) is 0 Å². The zero-order valence-corrected chi connectivity index (χ0v) is 11.5. The van der Waals surface area contributed by atoms with Crippen LogP contribution in [0, 0.1) is 0 Å². The van der Waals surface area contributed by atoms with E-state index in [1.807, 2.05) is 29.9 Å². The summed E-state index contributed by atoms with van der Waals surface area (Å²) < 4.78 is 7.90. The van der Waals surface area contributed by atoms with E-state index in [2.05, 4.69) is 37.9 Å². The molecule has 96 valence electrons. The molecule has 0 amide bonds. The van der Waals surface area contributed by atoms with Gasteiger partial charge in [-0.3, -0.25) is 0 Å². The molecule has 0 aliphatic rings. The van der Waals surface area contributed by atoms with E-state index in [1.54, 1.807) is 6.33 Å². The Morgan fingerprint density at radius 1 is 1.22 bits per heavy atom. The summed E-state index contributed by atoms with van der Waals surface area (Å²) in [6, 6.07) is 8.21. The monoisotopic (exact) mass is 244 g/mol. The Kier molecular flexibility index (Phi) is 3.41. The minimum Gasteiger partial charge on any atom is -0.487 e. The zero-order valence-electron chi connectivity index (χ0n) is 11.5. The number of aromatic nitrogens is 2. The molecule has 0 bridgehead atoms. The predicted octanol–water partition coefficient (Wildman–Crippen LogP) is 3.30. The van der Waals surface area contributed by atoms with Crippen molar-refractivity contribution in [3.8, 4) is 5.75 Å². The molecule has 0 aliphatic carbocycles. The average Bonchev–Trinajstić information content (AvgIpc) is 2.71. The summed E-state index contributed by atoms with van der Waals surface area (Å²) in [7, 11) is 1.97. The molecule has 2 rings (SSSR count). The summed E-state index contributed by atoms with van der Waals surface area (Å²) in [5.74, 6) is 0.950. The molecule has 1 heterocycles. The summed E-state index contributed by atoms with van der Waals surface area (Å²) in [5.41, 5.74) is 2.38. The first-order valence-electron chi connectivity index (χ1n) is 6.16. The van der Waals surface area contributed by atoms with E-state index in [0.29, 0.717) is 6.61 Å². The number of hydrogen-bond donors (Lipinski definition) is 0. The third kappa shape index (κ3) is 2.73. The van der Waals surface area contributed by atoms with Gasteiger partial charge in [-0.05, 0) is 17.0 Å². The topological polar surface area (TPSA) is 27.1 Å². The standard InChI is InChI=1S/C15H20N2O/c1-15(2,3)13-7-5-6-8-14(13)18-10-12-9-16-11-17(12)4/h5-9,11H,10H2,1-4H3. The molecule has 3 heteroatoms. The van der Waals surface area contributed by atoms with Gasteiger partial charge in [-0.2, -0.15) is 0 Å². The van der Waals surface area contributed by atoms with Crippen LogP contribution in [0.25, 0.3) is 0 Å². The molecule has 0 N–H and O–H groups in total. The van der Waals surface area contributed by atoms with Crippen LogP contribution in [0.5, 0.6) is 5.75 Å². The predicted molar refractivity (Wildman–Crippen MR) is 72.7 cm³/mol. The first-order valence-corrected chi connectivity index (χ1v) is 6.16. The Morgan fingerprint density at radius 2 is 1.94 bits per heavy atom. The highest BCUT2D eigenvalue weighted by molar-refractivity contribution is 5.38. The van der Waals surface area contributed by atoms with Crippen LogP contribution in [0.15, 0.2) is 36.8 Å². The van der Waals surface area contributed by atoms with Crippen molar-refractivity contribution in [3.05, 3.63) is 48.0 Å². The van der Waals surface area contributed by atoms with Gasteiger partial charge in [0.1, 0.15) is 12.4 Å². The molecule has 0 fully saturated rings. The van der Waals surface area contributed by atoms with Crippen LogP contribution >= 0.6 is 0 Å². The summed E-state index contributed by atoms with van der Waals surface area (Å²) in [6.45, 7) is 7.13. The summed E-state index contributed by atoms with van der Waals surface area (Å²) in [5, 5.41) is 0. The maximum atomic E-state index is 5.93. The Hall–Kier alpha value is -1.77. The summed E-state index contributed by atoms with van der Waals surface area (Å²) in [4.78, 5) is 4.09. The third-order valence-electron chi connectivity index (χ3n) is 2.99. The molecule has 0 radical (unpaired) electrons. The Morgan fingerprint density at radius 3 is 2.56 bits per heavy atom. The molecule has 0 atom stereocenters. The number of rotatable bonds is 3. The molecule has 2 aromatic rings. The van der Waals surface area contributed by atoms with Crippen LogP contribution in [-0.4, -0.2) is 9.55 Å². The number of ether oxygens (including phenoxy) is 1. The first-order chi connectivity index (χ1) is 8.48. The van der Waals surface area contributed by atoms with E-state index in [-0.39, 0.29) is 5.41 Å². The van der Waals surface area contributed by atoms with Crippen molar-refractivity contribution in [1.29, 1.82) is 0 Å².